The Morgan fingerprint density at radius 2 is 2.42 bits per heavy atom. The lowest BCUT2D eigenvalue weighted by Crippen LogP contribution is -2.01. The molecule has 0 aliphatic rings. The third kappa shape index (κ3) is 2.57. The van der Waals surface area contributed by atoms with Gasteiger partial charge < -0.3 is 5.11 Å². The smallest absolute Gasteiger partial charge is 0.0797 e. The molecule has 1 heterocycles. The summed E-state index contributed by atoms with van der Waals surface area (Å²) in [5, 5.41) is 8.82. The fourth-order valence-electron chi connectivity index (χ4n) is 1.03. The van der Waals surface area contributed by atoms with Crippen LogP contribution in [0.1, 0.15) is 23.9 Å². The molecule has 2 nitrogen and oxygen atoms in total. The van der Waals surface area contributed by atoms with E-state index in [0.29, 0.717) is 5.92 Å². The lowest BCUT2D eigenvalue weighted by Gasteiger charge is -2.05. The molecule has 0 aromatic carbocycles. The molecule has 0 saturated carbocycles. The van der Waals surface area contributed by atoms with Crippen LogP contribution in [-0.4, -0.2) is 16.7 Å². The van der Waals surface area contributed by atoms with Gasteiger partial charge in [-0.15, -0.1) is 11.3 Å². The molecule has 1 N–H and O–H groups in total. The maximum atomic E-state index is 8.82. The van der Waals surface area contributed by atoms with Crippen LogP contribution in [0.15, 0.2) is 5.51 Å². The number of nitrogens with zero attached hydrogens (tertiary/aromatic N) is 1. The van der Waals surface area contributed by atoms with Crippen molar-refractivity contribution in [2.24, 2.45) is 5.92 Å². The van der Waals surface area contributed by atoms with Crippen molar-refractivity contribution in [3.05, 3.63) is 16.1 Å². The van der Waals surface area contributed by atoms with Crippen molar-refractivity contribution < 1.29 is 5.11 Å². The Balaban J connectivity index is 2.38. The van der Waals surface area contributed by atoms with E-state index in [0.717, 1.165) is 18.5 Å². The molecule has 0 amide bonds. The van der Waals surface area contributed by atoms with Crippen molar-refractivity contribution in [3.63, 3.8) is 0 Å². The van der Waals surface area contributed by atoms with Crippen LogP contribution in [0.5, 0.6) is 0 Å². The first-order chi connectivity index (χ1) is 5.74. The molecule has 1 unspecified atom stereocenters. The lowest BCUT2D eigenvalue weighted by molar-refractivity contribution is 0.230. The van der Waals surface area contributed by atoms with Crippen LogP contribution in [-0.2, 0) is 6.42 Å². The van der Waals surface area contributed by atoms with Crippen LogP contribution in [0.4, 0.5) is 0 Å². The number of aryl methyl sites for hydroxylation is 2. The molecule has 1 atom stereocenters. The van der Waals surface area contributed by atoms with Gasteiger partial charge in [0.1, 0.15) is 0 Å². The predicted octanol–water partition coefficient (Wildman–Crippen LogP) is 2.01. The average molecular weight is 185 g/mol. The van der Waals surface area contributed by atoms with E-state index < -0.39 is 0 Å². The molecular formula is C9H15NOS. The molecule has 1 aromatic heterocycles. The van der Waals surface area contributed by atoms with Gasteiger partial charge in [-0.05, 0) is 25.7 Å². The van der Waals surface area contributed by atoms with E-state index in [1.807, 2.05) is 12.4 Å². The Morgan fingerprint density at radius 1 is 1.67 bits per heavy atom. The third-order valence-electron chi connectivity index (χ3n) is 2.02. The summed E-state index contributed by atoms with van der Waals surface area (Å²) < 4.78 is 0. The van der Waals surface area contributed by atoms with Gasteiger partial charge in [0.15, 0.2) is 0 Å². The van der Waals surface area contributed by atoms with Crippen molar-refractivity contribution in [2.45, 2.75) is 26.7 Å². The molecule has 0 aliphatic carbocycles. The lowest BCUT2D eigenvalue weighted by atomic mass is 10.1. The summed E-state index contributed by atoms with van der Waals surface area (Å²) in [7, 11) is 0. The van der Waals surface area contributed by atoms with Gasteiger partial charge in [-0.25, -0.2) is 4.98 Å². The maximum absolute atomic E-state index is 8.82. The summed E-state index contributed by atoms with van der Waals surface area (Å²) in [5.41, 5.74) is 3.03. The second-order valence-electron chi connectivity index (χ2n) is 3.19. The van der Waals surface area contributed by atoms with Crippen molar-refractivity contribution in [1.82, 2.24) is 4.98 Å². The number of hydrogen-bond acceptors (Lipinski definition) is 3. The van der Waals surface area contributed by atoms with Crippen LogP contribution in [0.3, 0.4) is 0 Å². The van der Waals surface area contributed by atoms with Gasteiger partial charge in [-0.2, -0.15) is 0 Å². The molecule has 0 saturated heterocycles. The summed E-state index contributed by atoms with van der Waals surface area (Å²) >= 11 is 1.71. The molecule has 68 valence electrons. The molecule has 0 fully saturated rings. The normalized spacial score (nSPS) is 13.2. The molecule has 12 heavy (non-hydrogen) atoms. The highest BCUT2D eigenvalue weighted by molar-refractivity contribution is 7.09. The quantitative estimate of drug-likeness (QED) is 0.778. The summed E-state index contributed by atoms with van der Waals surface area (Å²) in [5.74, 6) is 0.409. The molecule has 3 heteroatoms. The van der Waals surface area contributed by atoms with E-state index in [-0.39, 0.29) is 6.61 Å². The average Bonchev–Trinajstić information content (AvgIpc) is 2.47. The minimum Gasteiger partial charge on any atom is -0.396 e. The van der Waals surface area contributed by atoms with Gasteiger partial charge in [0.05, 0.1) is 11.2 Å². The number of hydrogen-bond donors (Lipinski definition) is 1. The van der Waals surface area contributed by atoms with Gasteiger partial charge in [0.25, 0.3) is 0 Å². The van der Waals surface area contributed by atoms with Crippen molar-refractivity contribution in [1.29, 1.82) is 0 Å². The number of thiazole rings is 1. The Morgan fingerprint density at radius 3 is 2.92 bits per heavy atom. The first kappa shape index (κ1) is 9.68. The van der Waals surface area contributed by atoms with Crippen molar-refractivity contribution in [2.75, 3.05) is 6.61 Å². The van der Waals surface area contributed by atoms with E-state index in [2.05, 4.69) is 11.9 Å². The van der Waals surface area contributed by atoms with Crippen LogP contribution in [0.2, 0.25) is 0 Å². The molecule has 1 aromatic rings. The number of aliphatic hydroxyl groups excluding tert-OH is 1. The highest BCUT2D eigenvalue weighted by Crippen LogP contribution is 2.16. The van der Waals surface area contributed by atoms with Crippen LogP contribution < -0.4 is 0 Å². The zero-order valence-corrected chi connectivity index (χ0v) is 8.40. The monoisotopic (exact) mass is 185 g/mol. The predicted molar refractivity (Wildman–Crippen MR) is 51.4 cm³/mol. The second-order valence-corrected chi connectivity index (χ2v) is 4.13. The number of aromatic nitrogens is 1. The molecule has 0 aliphatic heterocycles. The van der Waals surface area contributed by atoms with E-state index >= 15 is 0 Å². The highest BCUT2D eigenvalue weighted by Gasteiger charge is 2.04. The molecule has 0 spiro atoms. The Bertz CT molecular complexity index is 234. The van der Waals surface area contributed by atoms with Crippen molar-refractivity contribution >= 4 is 11.3 Å². The van der Waals surface area contributed by atoms with E-state index in [4.69, 9.17) is 5.11 Å². The van der Waals surface area contributed by atoms with E-state index in [1.54, 1.807) is 11.3 Å². The Kier molecular flexibility index (Phi) is 3.69. The van der Waals surface area contributed by atoms with Crippen LogP contribution in [0, 0.1) is 12.8 Å². The fourth-order valence-corrected chi connectivity index (χ4v) is 1.83. The van der Waals surface area contributed by atoms with Gasteiger partial charge in [0.2, 0.25) is 0 Å². The largest absolute Gasteiger partial charge is 0.396 e. The topological polar surface area (TPSA) is 33.1 Å². The van der Waals surface area contributed by atoms with Gasteiger partial charge in [0, 0.05) is 11.5 Å². The Labute approximate surface area is 77.3 Å². The van der Waals surface area contributed by atoms with Gasteiger partial charge in [-0.1, -0.05) is 6.92 Å². The first-order valence-corrected chi connectivity index (χ1v) is 5.11. The van der Waals surface area contributed by atoms with E-state index in [9.17, 15) is 0 Å². The SMILES string of the molecule is Cc1ncsc1CCC(C)CO. The minimum atomic E-state index is 0.290. The third-order valence-corrected chi connectivity index (χ3v) is 3.02. The van der Waals surface area contributed by atoms with Gasteiger partial charge >= 0.3 is 0 Å². The maximum Gasteiger partial charge on any atom is 0.0797 e. The summed E-state index contributed by atoms with van der Waals surface area (Å²) in [4.78, 5) is 5.53. The Hall–Kier alpha value is -0.410. The highest BCUT2D eigenvalue weighted by atomic mass is 32.1. The molecule has 1 rings (SSSR count). The molecule has 0 bridgehead atoms. The fraction of sp³-hybridized carbons (Fsp3) is 0.667. The second kappa shape index (κ2) is 4.58. The number of aliphatic hydroxyl groups is 1. The molecular weight excluding hydrogens is 170 g/mol. The van der Waals surface area contributed by atoms with Crippen molar-refractivity contribution in [3.8, 4) is 0 Å². The van der Waals surface area contributed by atoms with Crippen LogP contribution >= 0.6 is 11.3 Å². The zero-order valence-electron chi connectivity index (χ0n) is 7.58. The summed E-state index contributed by atoms with van der Waals surface area (Å²) in [6, 6.07) is 0. The number of rotatable bonds is 4. The van der Waals surface area contributed by atoms with Crippen LogP contribution in [0.25, 0.3) is 0 Å². The van der Waals surface area contributed by atoms with E-state index in [1.165, 1.54) is 4.88 Å². The van der Waals surface area contributed by atoms with Gasteiger partial charge in [-0.3, -0.25) is 0 Å². The standard InChI is InChI=1S/C9H15NOS/c1-7(5-11)3-4-9-8(2)10-6-12-9/h6-7,11H,3-5H2,1-2H3. The summed E-state index contributed by atoms with van der Waals surface area (Å²) in [6.07, 6.45) is 2.11. The minimum absolute atomic E-state index is 0.290. The first-order valence-electron chi connectivity index (χ1n) is 4.24. The zero-order chi connectivity index (χ0) is 8.97. The molecule has 0 radical (unpaired) electrons. The summed E-state index contributed by atoms with van der Waals surface area (Å²) in [6.45, 7) is 4.39.